The van der Waals surface area contributed by atoms with Gasteiger partial charge in [-0.15, -0.1) is 0 Å². The van der Waals surface area contributed by atoms with Crippen molar-refractivity contribution in [3.8, 4) is 5.75 Å². The molecule has 4 saturated carbocycles. The highest BCUT2D eigenvalue weighted by atomic mass is 16.5. The lowest BCUT2D eigenvalue weighted by Crippen LogP contribution is -2.65. The van der Waals surface area contributed by atoms with Crippen LogP contribution in [0.15, 0.2) is 35.9 Å². The second-order valence-electron chi connectivity index (χ2n) is 17.8. The largest absolute Gasteiger partial charge is 0.427 e. The van der Waals surface area contributed by atoms with Crippen molar-refractivity contribution >= 4 is 17.7 Å². The van der Waals surface area contributed by atoms with E-state index in [4.69, 9.17) is 9.47 Å². The van der Waals surface area contributed by atoms with Crippen LogP contribution in [-0.2, 0) is 25.7 Å². The normalized spacial score (nSPS) is 41.2. The Bertz CT molecular complexity index is 1450. The number of fused-ring (bicyclic) bond motifs is 7. The van der Waals surface area contributed by atoms with Gasteiger partial charge in [0, 0.05) is 18.3 Å². The van der Waals surface area contributed by atoms with Gasteiger partial charge in [0.05, 0.1) is 6.61 Å². The van der Waals surface area contributed by atoms with Crippen molar-refractivity contribution in [1.29, 1.82) is 0 Å². The van der Waals surface area contributed by atoms with Crippen LogP contribution in [-0.4, -0.2) is 24.4 Å². The second kappa shape index (κ2) is 11.3. The molecule has 5 aliphatic carbocycles. The minimum Gasteiger partial charge on any atom is -0.427 e. The van der Waals surface area contributed by atoms with Gasteiger partial charge in [-0.3, -0.25) is 14.4 Å². The van der Waals surface area contributed by atoms with Crippen LogP contribution >= 0.6 is 0 Å². The predicted molar refractivity (Wildman–Crippen MR) is 180 cm³/mol. The lowest BCUT2D eigenvalue weighted by atomic mass is 9.33. The Balaban J connectivity index is 1.20. The lowest BCUT2D eigenvalue weighted by molar-refractivity contribution is -0.185. The molecule has 1 unspecified atom stereocenters. The number of carbonyl (C=O) groups is 3. The summed E-state index contributed by atoms with van der Waals surface area (Å²) in [5.74, 6) is 1.39. The number of allylic oxidation sites excluding steroid dienone is 2. The molecule has 1 amide bonds. The minimum atomic E-state index is -0.528. The van der Waals surface area contributed by atoms with Crippen LogP contribution in [0.5, 0.6) is 5.75 Å². The first-order valence-electron chi connectivity index (χ1n) is 17.9. The molecule has 1 N–H and O–H groups in total. The maximum Gasteiger partial charge on any atom is 0.308 e. The third kappa shape index (κ3) is 5.20. The van der Waals surface area contributed by atoms with E-state index >= 15 is 0 Å². The summed E-state index contributed by atoms with van der Waals surface area (Å²) in [5.41, 5.74) is 2.01. The number of hydrogen-bond acceptors (Lipinski definition) is 5. The fraction of sp³-hybridized carbons (Fsp3) is 0.725. The first-order chi connectivity index (χ1) is 21.5. The quantitative estimate of drug-likeness (QED) is 0.147. The Morgan fingerprint density at radius 1 is 0.935 bits per heavy atom. The molecule has 1 aromatic carbocycles. The molecule has 0 aliphatic heterocycles. The maximum absolute atomic E-state index is 14.5. The Hall–Kier alpha value is -2.47. The molecule has 0 aromatic heterocycles. The summed E-state index contributed by atoms with van der Waals surface area (Å²) in [5, 5.41) is 3.07. The number of esters is 1. The number of rotatable bonds is 6. The molecule has 0 radical (unpaired) electrons. The summed E-state index contributed by atoms with van der Waals surface area (Å²) in [6.07, 6.45) is 13.0. The van der Waals surface area contributed by atoms with E-state index in [1.54, 1.807) is 12.1 Å². The topological polar surface area (TPSA) is 81.7 Å². The number of ether oxygens (including phenoxy) is 2. The van der Waals surface area contributed by atoms with E-state index in [1.807, 2.05) is 12.1 Å². The van der Waals surface area contributed by atoms with E-state index in [1.165, 1.54) is 31.8 Å². The predicted octanol–water partition coefficient (Wildman–Crippen LogP) is 8.57. The molecular formula is C40H57NO5. The molecule has 5 aliphatic rings. The molecule has 46 heavy (non-hydrogen) atoms. The molecule has 0 bridgehead atoms. The molecule has 8 atom stereocenters. The maximum atomic E-state index is 14.5. The monoisotopic (exact) mass is 631 g/mol. The lowest BCUT2D eigenvalue weighted by Gasteiger charge is -2.70. The fourth-order valence-electron chi connectivity index (χ4n) is 11.8. The van der Waals surface area contributed by atoms with Gasteiger partial charge in [0.15, 0.2) is 5.78 Å². The Morgan fingerprint density at radius 2 is 1.67 bits per heavy atom. The van der Waals surface area contributed by atoms with E-state index in [9.17, 15) is 14.4 Å². The third-order valence-electron chi connectivity index (χ3n) is 14.6. The number of carbonyl (C=O) groups excluding carboxylic acids is 3. The van der Waals surface area contributed by atoms with E-state index < -0.39 is 5.41 Å². The standard InChI is InChI=1S/C40H57NO5/c1-26(42)46-28-12-9-11-27(21-28)24-45-25-41-34(44)37(5)18-17-36(4)19-20-39(7)29(30(36)23-37)22-31(43)33-38(6)15-10-14-35(2,3)32(38)13-16-40(33,39)8/h9,11-12,21-22,30,32-33H,10,13-20,23-25H2,1-8H3,(H,41,44)/t30-,32?,33+,36+,37-,38-,39+,40+/m0/s1. The van der Waals surface area contributed by atoms with Crippen molar-refractivity contribution in [2.45, 2.75) is 126 Å². The minimum absolute atomic E-state index is 0.0276. The zero-order chi connectivity index (χ0) is 33.3. The van der Waals surface area contributed by atoms with E-state index in [2.05, 4.69) is 59.9 Å². The summed E-state index contributed by atoms with van der Waals surface area (Å²) in [4.78, 5) is 39.7. The van der Waals surface area contributed by atoms with Gasteiger partial charge < -0.3 is 14.8 Å². The number of benzene rings is 1. The van der Waals surface area contributed by atoms with Crippen LogP contribution in [0.4, 0.5) is 0 Å². The van der Waals surface area contributed by atoms with Gasteiger partial charge in [-0.25, -0.2) is 0 Å². The third-order valence-corrected chi connectivity index (χ3v) is 14.6. The van der Waals surface area contributed by atoms with E-state index in [-0.39, 0.29) is 57.5 Å². The van der Waals surface area contributed by atoms with Gasteiger partial charge in [0.25, 0.3) is 0 Å². The summed E-state index contributed by atoms with van der Waals surface area (Å²) in [7, 11) is 0. The Kier molecular flexibility index (Phi) is 8.22. The van der Waals surface area contributed by atoms with Gasteiger partial charge in [0.1, 0.15) is 12.5 Å². The van der Waals surface area contributed by atoms with Gasteiger partial charge in [-0.2, -0.15) is 0 Å². The molecule has 6 rings (SSSR count). The number of hydrogen-bond donors (Lipinski definition) is 1. The fourth-order valence-corrected chi connectivity index (χ4v) is 11.8. The molecule has 1 aromatic rings. The summed E-state index contributed by atoms with van der Waals surface area (Å²) in [6, 6.07) is 7.24. The summed E-state index contributed by atoms with van der Waals surface area (Å²) >= 11 is 0. The molecule has 0 saturated heterocycles. The van der Waals surface area contributed by atoms with E-state index in [0.29, 0.717) is 24.1 Å². The number of amides is 1. The molecular weight excluding hydrogens is 574 g/mol. The van der Waals surface area contributed by atoms with Crippen LogP contribution in [0.25, 0.3) is 0 Å². The second-order valence-corrected chi connectivity index (χ2v) is 17.8. The Labute approximate surface area is 276 Å². The van der Waals surface area contributed by atoms with Crippen LogP contribution in [0.2, 0.25) is 0 Å². The van der Waals surface area contributed by atoms with Crippen LogP contribution in [0.3, 0.4) is 0 Å². The zero-order valence-electron chi connectivity index (χ0n) is 29.6. The molecule has 0 heterocycles. The highest BCUT2D eigenvalue weighted by molar-refractivity contribution is 5.95. The van der Waals surface area contributed by atoms with Crippen LogP contribution < -0.4 is 10.1 Å². The molecule has 4 fully saturated rings. The average Bonchev–Trinajstić information content (AvgIpc) is 2.96. The highest BCUT2D eigenvalue weighted by Gasteiger charge is 2.69. The highest BCUT2D eigenvalue weighted by Crippen LogP contribution is 2.75. The van der Waals surface area contributed by atoms with Crippen molar-refractivity contribution in [1.82, 2.24) is 5.32 Å². The number of ketones is 1. The van der Waals surface area contributed by atoms with Crippen molar-refractivity contribution in [2.75, 3.05) is 6.73 Å². The van der Waals surface area contributed by atoms with Crippen molar-refractivity contribution in [3.05, 3.63) is 41.5 Å². The number of nitrogens with one attached hydrogen (secondary N) is 1. The smallest absolute Gasteiger partial charge is 0.308 e. The zero-order valence-corrected chi connectivity index (χ0v) is 29.6. The average molecular weight is 632 g/mol. The molecule has 6 heteroatoms. The summed E-state index contributed by atoms with van der Waals surface area (Å²) in [6.45, 7) is 18.7. The first kappa shape index (κ1) is 33.4. The van der Waals surface area contributed by atoms with Crippen molar-refractivity contribution in [2.24, 2.45) is 50.2 Å². The van der Waals surface area contributed by atoms with Crippen LogP contribution in [0, 0.1) is 50.2 Å². The van der Waals surface area contributed by atoms with Gasteiger partial charge in [-0.1, -0.05) is 72.6 Å². The first-order valence-corrected chi connectivity index (χ1v) is 17.9. The molecule has 6 nitrogen and oxygen atoms in total. The van der Waals surface area contributed by atoms with Gasteiger partial charge >= 0.3 is 5.97 Å². The Morgan fingerprint density at radius 3 is 2.41 bits per heavy atom. The summed E-state index contributed by atoms with van der Waals surface area (Å²) < 4.78 is 11.0. The molecule has 252 valence electrons. The SMILES string of the molecule is CC(=O)Oc1cccc(COCNC(=O)[C@@]2(C)CC[C@]3(C)CC[C@]4(C)C(=CC(=O)[C@@H]5[C@@]6(C)CCCC(C)(C)C6CC[C@]54C)[C@@H]3C2)c1. The van der Waals surface area contributed by atoms with Crippen LogP contribution in [0.1, 0.15) is 125 Å². The van der Waals surface area contributed by atoms with Crippen molar-refractivity contribution in [3.63, 3.8) is 0 Å². The molecule has 0 spiro atoms. The van der Waals surface area contributed by atoms with E-state index in [0.717, 1.165) is 50.5 Å². The van der Waals surface area contributed by atoms with Gasteiger partial charge in [-0.05, 0) is 120 Å². The van der Waals surface area contributed by atoms with Gasteiger partial charge in [0.2, 0.25) is 5.91 Å². The van der Waals surface area contributed by atoms with Crippen molar-refractivity contribution < 1.29 is 23.9 Å².